The molecule has 84 valence electrons. The summed E-state index contributed by atoms with van der Waals surface area (Å²) < 4.78 is 2.75. The van der Waals surface area contributed by atoms with Crippen LogP contribution in [0.2, 0.25) is 0 Å². The van der Waals surface area contributed by atoms with Crippen LogP contribution in [-0.2, 0) is 4.79 Å². The maximum atomic E-state index is 11.4. The van der Waals surface area contributed by atoms with Crippen molar-refractivity contribution >= 4 is 33.2 Å². The van der Waals surface area contributed by atoms with Crippen molar-refractivity contribution in [1.82, 2.24) is 9.38 Å². The first-order chi connectivity index (χ1) is 7.70. The highest BCUT2D eigenvalue weighted by atomic mass is 79.9. The maximum absolute atomic E-state index is 11.4. The van der Waals surface area contributed by atoms with E-state index in [1.165, 1.54) is 0 Å². The standard InChI is InChI=1S/C11H12BrN3O/c1-2-3-11(16)14-8-4-5-10-13-6-9(12)15(10)7-8/h4-7H,2-3H2,1H3,(H,14,16). The van der Waals surface area contributed by atoms with Gasteiger partial charge < -0.3 is 5.32 Å². The van der Waals surface area contributed by atoms with E-state index in [-0.39, 0.29) is 5.91 Å². The number of aromatic nitrogens is 2. The van der Waals surface area contributed by atoms with Gasteiger partial charge in [-0.25, -0.2) is 4.98 Å². The Labute approximate surface area is 102 Å². The lowest BCUT2D eigenvalue weighted by Crippen LogP contribution is -2.10. The molecule has 2 aromatic rings. The number of rotatable bonds is 3. The predicted molar refractivity (Wildman–Crippen MR) is 66.4 cm³/mol. The summed E-state index contributed by atoms with van der Waals surface area (Å²) in [5.74, 6) is 0.0399. The van der Waals surface area contributed by atoms with E-state index in [0.29, 0.717) is 6.42 Å². The molecule has 0 bridgehead atoms. The van der Waals surface area contributed by atoms with Crippen LogP contribution in [0, 0.1) is 0 Å². The Morgan fingerprint density at radius 1 is 1.56 bits per heavy atom. The van der Waals surface area contributed by atoms with Gasteiger partial charge in [0, 0.05) is 12.6 Å². The van der Waals surface area contributed by atoms with Gasteiger partial charge >= 0.3 is 0 Å². The van der Waals surface area contributed by atoms with Crippen LogP contribution in [0.4, 0.5) is 5.69 Å². The second kappa shape index (κ2) is 4.65. The van der Waals surface area contributed by atoms with Crippen LogP contribution in [0.25, 0.3) is 5.65 Å². The Bertz CT molecular complexity index is 521. The van der Waals surface area contributed by atoms with Crippen LogP contribution in [0.3, 0.4) is 0 Å². The average molecular weight is 282 g/mol. The summed E-state index contributed by atoms with van der Waals surface area (Å²) in [4.78, 5) is 15.6. The second-order valence-corrected chi connectivity index (χ2v) is 4.34. The van der Waals surface area contributed by atoms with Crippen molar-refractivity contribution in [2.24, 2.45) is 0 Å². The summed E-state index contributed by atoms with van der Waals surface area (Å²) in [5.41, 5.74) is 1.63. The molecular formula is C11H12BrN3O. The zero-order chi connectivity index (χ0) is 11.5. The number of amides is 1. The van der Waals surface area contributed by atoms with Gasteiger partial charge in [0.2, 0.25) is 5.91 Å². The van der Waals surface area contributed by atoms with Gasteiger partial charge in [-0.1, -0.05) is 6.92 Å². The van der Waals surface area contributed by atoms with Crippen molar-refractivity contribution in [2.75, 3.05) is 5.32 Å². The minimum Gasteiger partial charge on any atom is -0.325 e. The highest BCUT2D eigenvalue weighted by Crippen LogP contribution is 2.16. The Morgan fingerprint density at radius 3 is 3.12 bits per heavy atom. The van der Waals surface area contributed by atoms with Gasteiger partial charge in [0.05, 0.1) is 11.9 Å². The van der Waals surface area contributed by atoms with E-state index in [2.05, 4.69) is 26.2 Å². The molecule has 1 amide bonds. The lowest BCUT2D eigenvalue weighted by Gasteiger charge is -2.05. The first-order valence-corrected chi connectivity index (χ1v) is 5.92. The van der Waals surface area contributed by atoms with E-state index in [0.717, 1.165) is 22.4 Å². The molecule has 2 rings (SSSR count). The smallest absolute Gasteiger partial charge is 0.224 e. The summed E-state index contributed by atoms with van der Waals surface area (Å²) in [5, 5.41) is 2.84. The summed E-state index contributed by atoms with van der Waals surface area (Å²) in [7, 11) is 0. The first-order valence-electron chi connectivity index (χ1n) is 5.13. The third-order valence-electron chi connectivity index (χ3n) is 2.22. The summed E-state index contributed by atoms with van der Waals surface area (Å²) in [6.07, 6.45) is 4.97. The number of carbonyl (C=O) groups is 1. The van der Waals surface area contributed by atoms with Gasteiger partial charge in [-0.2, -0.15) is 0 Å². The topological polar surface area (TPSA) is 46.4 Å². The van der Waals surface area contributed by atoms with Crippen LogP contribution in [0.15, 0.2) is 29.1 Å². The number of hydrogen-bond acceptors (Lipinski definition) is 2. The minimum atomic E-state index is 0.0399. The van der Waals surface area contributed by atoms with Gasteiger partial charge in [-0.05, 0) is 34.5 Å². The zero-order valence-electron chi connectivity index (χ0n) is 8.90. The van der Waals surface area contributed by atoms with Gasteiger partial charge in [-0.3, -0.25) is 9.20 Å². The summed E-state index contributed by atoms with van der Waals surface area (Å²) in [6, 6.07) is 3.72. The van der Waals surface area contributed by atoms with E-state index in [1.807, 2.05) is 29.7 Å². The van der Waals surface area contributed by atoms with E-state index in [9.17, 15) is 4.79 Å². The molecule has 0 radical (unpaired) electrons. The Kier molecular flexibility index (Phi) is 3.24. The number of nitrogens with zero attached hydrogens (tertiary/aromatic N) is 2. The number of fused-ring (bicyclic) bond motifs is 1. The Balaban J connectivity index is 2.25. The lowest BCUT2D eigenvalue weighted by atomic mass is 10.3. The molecule has 0 fully saturated rings. The van der Waals surface area contributed by atoms with Crippen molar-refractivity contribution < 1.29 is 4.79 Å². The van der Waals surface area contributed by atoms with E-state index >= 15 is 0 Å². The molecule has 0 atom stereocenters. The number of halogens is 1. The monoisotopic (exact) mass is 281 g/mol. The largest absolute Gasteiger partial charge is 0.325 e. The number of imidazole rings is 1. The van der Waals surface area contributed by atoms with Gasteiger partial charge in [0.1, 0.15) is 10.3 Å². The van der Waals surface area contributed by atoms with Gasteiger partial charge in [0.15, 0.2) is 0 Å². The van der Waals surface area contributed by atoms with Crippen molar-refractivity contribution in [3.63, 3.8) is 0 Å². The van der Waals surface area contributed by atoms with Crippen molar-refractivity contribution in [2.45, 2.75) is 19.8 Å². The average Bonchev–Trinajstić information content (AvgIpc) is 2.61. The van der Waals surface area contributed by atoms with Crippen molar-refractivity contribution in [1.29, 1.82) is 0 Å². The van der Waals surface area contributed by atoms with Crippen molar-refractivity contribution in [3.8, 4) is 0 Å². The predicted octanol–water partition coefficient (Wildman–Crippen LogP) is 2.84. The van der Waals surface area contributed by atoms with Crippen molar-refractivity contribution in [3.05, 3.63) is 29.1 Å². The van der Waals surface area contributed by atoms with E-state index < -0.39 is 0 Å². The normalized spacial score (nSPS) is 10.6. The first kappa shape index (κ1) is 11.1. The lowest BCUT2D eigenvalue weighted by molar-refractivity contribution is -0.116. The molecule has 0 aromatic carbocycles. The molecule has 0 saturated heterocycles. The minimum absolute atomic E-state index is 0.0399. The Morgan fingerprint density at radius 2 is 2.38 bits per heavy atom. The molecule has 2 heterocycles. The summed E-state index contributed by atoms with van der Waals surface area (Å²) in [6.45, 7) is 1.98. The molecule has 4 nitrogen and oxygen atoms in total. The van der Waals surface area contributed by atoms with Crippen LogP contribution in [0.5, 0.6) is 0 Å². The van der Waals surface area contributed by atoms with Crippen LogP contribution < -0.4 is 5.32 Å². The molecule has 16 heavy (non-hydrogen) atoms. The highest BCUT2D eigenvalue weighted by molar-refractivity contribution is 9.10. The summed E-state index contributed by atoms with van der Waals surface area (Å²) >= 11 is 3.39. The number of pyridine rings is 1. The van der Waals surface area contributed by atoms with Crippen LogP contribution in [-0.4, -0.2) is 15.3 Å². The molecule has 0 aliphatic heterocycles. The number of carbonyl (C=O) groups excluding carboxylic acids is 1. The fourth-order valence-electron chi connectivity index (χ4n) is 1.48. The second-order valence-electron chi connectivity index (χ2n) is 3.53. The third kappa shape index (κ3) is 2.24. The van der Waals surface area contributed by atoms with Crippen LogP contribution >= 0.6 is 15.9 Å². The molecule has 1 N–H and O–H groups in total. The highest BCUT2D eigenvalue weighted by Gasteiger charge is 2.04. The molecule has 0 aliphatic rings. The third-order valence-corrected chi connectivity index (χ3v) is 2.81. The quantitative estimate of drug-likeness (QED) is 0.940. The van der Waals surface area contributed by atoms with E-state index in [1.54, 1.807) is 6.20 Å². The van der Waals surface area contributed by atoms with Gasteiger partial charge in [-0.15, -0.1) is 0 Å². The SMILES string of the molecule is CCCC(=O)Nc1ccc2ncc(Br)n2c1. The van der Waals surface area contributed by atoms with Crippen LogP contribution in [0.1, 0.15) is 19.8 Å². The maximum Gasteiger partial charge on any atom is 0.224 e. The molecule has 5 heteroatoms. The molecular weight excluding hydrogens is 270 g/mol. The zero-order valence-corrected chi connectivity index (χ0v) is 10.5. The molecule has 0 spiro atoms. The Hall–Kier alpha value is -1.36. The molecule has 0 aliphatic carbocycles. The fraction of sp³-hybridized carbons (Fsp3) is 0.273. The number of nitrogens with one attached hydrogen (secondary N) is 1. The molecule has 2 aromatic heterocycles. The fourth-order valence-corrected chi connectivity index (χ4v) is 1.86. The number of hydrogen-bond donors (Lipinski definition) is 1. The number of anilines is 1. The van der Waals surface area contributed by atoms with Gasteiger partial charge in [0.25, 0.3) is 0 Å². The van der Waals surface area contributed by atoms with E-state index in [4.69, 9.17) is 0 Å². The molecule has 0 unspecified atom stereocenters. The molecule has 0 saturated carbocycles.